The first-order valence-corrected chi connectivity index (χ1v) is 11.2. The third-order valence-electron chi connectivity index (χ3n) is 5.17. The van der Waals surface area contributed by atoms with Crippen LogP contribution < -0.4 is 9.47 Å². The van der Waals surface area contributed by atoms with E-state index in [9.17, 15) is 0 Å². The van der Waals surface area contributed by atoms with E-state index in [1.807, 2.05) is 42.5 Å². The van der Waals surface area contributed by atoms with E-state index in [-0.39, 0.29) is 6.10 Å². The summed E-state index contributed by atoms with van der Waals surface area (Å²) in [5, 5.41) is 14.8. The highest BCUT2D eigenvalue weighted by molar-refractivity contribution is 6.27. The monoisotopic (exact) mass is 479 g/mol. The lowest BCUT2D eigenvalue weighted by Gasteiger charge is -2.32. The molecule has 1 unspecified atom stereocenters. The lowest BCUT2D eigenvalue weighted by atomic mass is 10.2. The van der Waals surface area contributed by atoms with Gasteiger partial charge in [0.2, 0.25) is 0 Å². The van der Waals surface area contributed by atoms with Crippen molar-refractivity contribution in [1.82, 2.24) is 4.90 Å². The summed E-state index contributed by atoms with van der Waals surface area (Å²) in [5.74, 6) is -2.13. The molecule has 8 heteroatoms. The number of hydrogen-bond acceptors (Lipinski definition) is 6. The smallest absolute Gasteiger partial charge is 0.414 e. The van der Waals surface area contributed by atoms with Gasteiger partial charge >= 0.3 is 11.9 Å². The number of nitrogens with zero attached hydrogens (tertiary/aromatic N) is 1. The largest absolute Gasteiger partial charge is 0.487 e. The Labute approximate surface area is 204 Å². The van der Waals surface area contributed by atoms with Gasteiger partial charge in [0.1, 0.15) is 19.3 Å². The lowest BCUT2D eigenvalue weighted by molar-refractivity contribution is -0.159. The molecule has 1 heterocycles. The molecule has 0 bridgehead atoms. The summed E-state index contributed by atoms with van der Waals surface area (Å²) in [6.45, 7) is 4.51. The molecule has 1 fully saturated rings. The van der Waals surface area contributed by atoms with E-state index in [1.54, 1.807) is 0 Å². The number of morpholine rings is 1. The van der Waals surface area contributed by atoms with Crippen LogP contribution in [0.4, 0.5) is 0 Å². The summed E-state index contributed by atoms with van der Waals surface area (Å²) in [4.78, 5) is 20.6. The van der Waals surface area contributed by atoms with Crippen molar-refractivity contribution in [3.63, 3.8) is 0 Å². The second-order valence-corrected chi connectivity index (χ2v) is 7.86. The standard InChI is InChI=1S/C25H27NO3.C2H2O4/c1-3-9-21(10-4-1)17-26-15-16-27-23(18-26)20-29-25-14-8-7-13-24(25)28-19-22-11-5-2-6-12-22;3-1(4)2(5)6/h1-14,23H,15-20H2;(H,3,4)(H,5,6). The highest BCUT2D eigenvalue weighted by Crippen LogP contribution is 2.27. The zero-order chi connectivity index (χ0) is 24.9. The number of carbonyl (C=O) groups is 2. The molecule has 1 atom stereocenters. The van der Waals surface area contributed by atoms with Gasteiger partial charge in [0.05, 0.1) is 6.61 Å². The molecule has 3 aromatic carbocycles. The SMILES string of the molecule is O=C(O)C(=O)O.c1ccc(COc2ccccc2OCC2CN(Cc3ccccc3)CCO2)cc1. The van der Waals surface area contributed by atoms with E-state index in [2.05, 4.69) is 47.4 Å². The maximum absolute atomic E-state index is 9.10. The molecule has 35 heavy (non-hydrogen) atoms. The van der Waals surface area contributed by atoms with Gasteiger partial charge in [0, 0.05) is 19.6 Å². The third kappa shape index (κ3) is 9.11. The van der Waals surface area contributed by atoms with Crippen LogP contribution >= 0.6 is 0 Å². The molecule has 184 valence electrons. The quantitative estimate of drug-likeness (QED) is 0.471. The van der Waals surface area contributed by atoms with Gasteiger partial charge in [-0.05, 0) is 23.3 Å². The van der Waals surface area contributed by atoms with Crippen molar-refractivity contribution in [2.75, 3.05) is 26.3 Å². The van der Waals surface area contributed by atoms with Gasteiger partial charge in [-0.1, -0.05) is 72.8 Å². The fraction of sp³-hybridized carbons (Fsp3) is 0.259. The normalized spacial score (nSPS) is 15.4. The third-order valence-corrected chi connectivity index (χ3v) is 5.17. The topological polar surface area (TPSA) is 106 Å². The Balaban J connectivity index is 0.000000509. The number of hydrogen-bond donors (Lipinski definition) is 2. The Morgan fingerprint density at radius 3 is 1.94 bits per heavy atom. The highest BCUT2D eigenvalue weighted by atomic mass is 16.5. The number of rotatable bonds is 8. The molecule has 2 N–H and O–H groups in total. The molecule has 0 saturated carbocycles. The van der Waals surface area contributed by atoms with E-state index in [1.165, 1.54) is 5.56 Å². The van der Waals surface area contributed by atoms with Crippen LogP contribution in [0.5, 0.6) is 11.5 Å². The van der Waals surface area contributed by atoms with Crippen LogP contribution in [-0.2, 0) is 27.5 Å². The summed E-state index contributed by atoms with van der Waals surface area (Å²) in [6, 6.07) is 28.5. The zero-order valence-electron chi connectivity index (χ0n) is 19.3. The van der Waals surface area contributed by atoms with Gasteiger partial charge in [0.15, 0.2) is 11.5 Å². The number of carboxylic acid groups (broad SMARTS) is 2. The minimum absolute atomic E-state index is 0.0506. The van der Waals surface area contributed by atoms with Crippen LogP contribution in [0.3, 0.4) is 0 Å². The summed E-state index contributed by atoms with van der Waals surface area (Å²) < 4.78 is 18.0. The molecule has 8 nitrogen and oxygen atoms in total. The van der Waals surface area contributed by atoms with Crippen molar-refractivity contribution in [2.45, 2.75) is 19.3 Å². The first kappa shape index (κ1) is 25.7. The van der Waals surface area contributed by atoms with Crippen molar-refractivity contribution in [2.24, 2.45) is 0 Å². The zero-order valence-corrected chi connectivity index (χ0v) is 19.3. The predicted molar refractivity (Wildman–Crippen MR) is 129 cm³/mol. The van der Waals surface area contributed by atoms with Crippen molar-refractivity contribution in [1.29, 1.82) is 0 Å². The molecule has 0 amide bonds. The van der Waals surface area contributed by atoms with Crippen molar-refractivity contribution in [3.8, 4) is 11.5 Å². The highest BCUT2D eigenvalue weighted by Gasteiger charge is 2.21. The number of benzene rings is 3. The molecular formula is C27H29NO7. The molecule has 1 aliphatic heterocycles. The Morgan fingerprint density at radius 2 is 1.34 bits per heavy atom. The van der Waals surface area contributed by atoms with Crippen LogP contribution in [0.1, 0.15) is 11.1 Å². The van der Waals surface area contributed by atoms with E-state index in [0.29, 0.717) is 13.2 Å². The molecular weight excluding hydrogens is 450 g/mol. The number of para-hydroxylation sites is 2. The predicted octanol–water partition coefficient (Wildman–Crippen LogP) is 3.70. The fourth-order valence-electron chi connectivity index (χ4n) is 3.47. The summed E-state index contributed by atoms with van der Waals surface area (Å²) in [5.41, 5.74) is 2.46. The molecule has 1 aliphatic rings. The maximum atomic E-state index is 9.10. The van der Waals surface area contributed by atoms with Crippen LogP contribution in [0, 0.1) is 0 Å². The Bertz CT molecular complexity index is 1050. The van der Waals surface area contributed by atoms with Crippen LogP contribution in [0.15, 0.2) is 84.9 Å². The van der Waals surface area contributed by atoms with Crippen LogP contribution in [0.2, 0.25) is 0 Å². The lowest BCUT2D eigenvalue weighted by Crippen LogP contribution is -2.44. The second-order valence-electron chi connectivity index (χ2n) is 7.86. The number of carboxylic acids is 2. The molecule has 3 aromatic rings. The number of ether oxygens (including phenoxy) is 3. The van der Waals surface area contributed by atoms with Crippen LogP contribution in [0.25, 0.3) is 0 Å². The minimum atomic E-state index is -1.82. The summed E-state index contributed by atoms with van der Waals surface area (Å²) in [6.07, 6.45) is 0.0506. The molecule has 0 aliphatic carbocycles. The minimum Gasteiger partial charge on any atom is -0.487 e. The van der Waals surface area contributed by atoms with Gasteiger partial charge in [0.25, 0.3) is 0 Å². The molecule has 0 spiro atoms. The van der Waals surface area contributed by atoms with Gasteiger partial charge in [-0.25, -0.2) is 9.59 Å². The molecule has 1 saturated heterocycles. The number of aliphatic carboxylic acids is 2. The second kappa shape index (κ2) is 13.7. The average molecular weight is 480 g/mol. The Kier molecular flexibility index (Phi) is 10.1. The Morgan fingerprint density at radius 1 is 0.800 bits per heavy atom. The van der Waals surface area contributed by atoms with E-state index >= 15 is 0 Å². The van der Waals surface area contributed by atoms with E-state index in [0.717, 1.165) is 43.3 Å². The average Bonchev–Trinajstić information content (AvgIpc) is 2.88. The molecule has 4 rings (SSSR count). The molecule has 0 radical (unpaired) electrons. The fourth-order valence-corrected chi connectivity index (χ4v) is 3.47. The maximum Gasteiger partial charge on any atom is 0.414 e. The molecule has 0 aromatic heterocycles. The van der Waals surface area contributed by atoms with E-state index in [4.69, 9.17) is 34.0 Å². The van der Waals surface area contributed by atoms with Gasteiger partial charge in [-0.15, -0.1) is 0 Å². The van der Waals surface area contributed by atoms with Crippen molar-refractivity contribution >= 4 is 11.9 Å². The summed E-state index contributed by atoms with van der Waals surface area (Å²) in [7, 11) is 0. The first-order chi connectivity index (χ1) is 17.0. The van der Waals surface area contributed by atoms with Gasteiger partial charge in [-0.3, -0.25) is 4.90 Å². The first-order valence-electron chi connectivity index (χ1n) is 11.2. The van der Waals surface area contributed by atoms with E-state index < -0.39 is 11.9 Å². The van der Waals surface area contributed by atoms with Crippen molar-refractivity contribution in [3.05, 3.63) is 96.1 Å². The van der Waals surface area contributed by atoms with Gasteiger partial charge < -0.3 is 24.4 Å². The summed E-state index contributed by atoms with van der Waals surface area (Å²) >= 11 is 0. The van der Waals surface area contributed by atoms with Crippen molar-refractivity contribution < 1.29 is 34.0 Å². The Hall–Kier alpha value is -3.88. The van der Waals surface area contributed by atoms with Crippen LogP contribution in [-0.4, -0.2) is 59.5 Å². The van der Waals surface area contributed by atoms with Gasteiger partial charge in [-0.2, -0.15) is 0 Å².